The second-order valence-corrected chi connectivity index (χ2v) is 4.29. The summed E-state index contributed by atoms with van der Waals surface area (Å²) in [4.78, 5) is 0. The van der Waals surface area contributed by atoms with E-state index in [0.29, 0.717) is 23.8 Å². The molecule has 0 bridgehead atoms. The monoisotopic (exact) mass is 269 g/mol. The predicted octanol–water partition coefficient (Wildman–Crippen LogP) is 2.15. The topological polar surface area (TPSA) is 50.1 Å². The van der Waals surface area contributed by atoms with E-state index in [1.165, 1.54) is 18.2 Å². The zero-order chi connectivity index (χ0) is 13.0. The summed E-state index contributed by atoms with van der Waals surface area (Å²) in [6, 6.07) is 5.87. The third-order valence-corrected chi connectivity index (χ3v) is 2.73. The third kappa shape index (κ3) is 3.45. The van der Waals surface area contributed by atoms with E-state index in [-0.39, 0.29) is 5.82 Å². The third-order valence-electron chi connectivity index (χ3n) is 2.42. The number of aromatic nitrogens is 2. The maximum Gasteiger partial charge on any atom is 0.124 e. The molecular weight excluding hydrogens is 257 g/mol. The summed E-state index contributed by atoms with van der Waals surface area (Å²) in [6.07, 6.45) is 2.82. The van der Waals surface area contributed by atoms with E-state index >= 15 is 0 Å². The van der Waals surface area contributed by atoms with Crippen molar-refractivity contribution in [1.82, 2.24) is 9.78 Å². The zero-order valence-corrected chi connectivity index (χ0v) is 10.3. The second-order valence-electron chi connectivity index (χ2n) is 3.89. The number of hydrogen-bond acceptors (Lipinski definition) is 3. The summed E-state index contributed by atoms with van der Waals surface area (Å²) in [6.45, 7) is 0.698. The SMILES string of the molecule is OC(CNc1ccc(F)cc1Cl)Cn1cccn1. The average molecular weight is 270 g/mol. The van der Waals surface area contributed by atoms with Crippen molar-refractivity contribution in [2.75, 3.05) is 11.9 Å². The molecule has 0 spiro atoms. The minimum atomic E-state index is -0.606. The first-order valence-electron chi connectivity index (χ1n) is 5.49. The maximum absolute atomic E-state index is 12.8. The maximum atomic E-state index is 12.8. The molecule has 2 N–H and O–H groups in total. The highest BCUT2D eigenvalue weighted by atomic mass is 35.5. The molecule has 1 heterocycles. The molecule has 4 nitrogen and oxygen atoms in total. The van der Waals surface area contributed by atoms with Gasteiger partial charge >= 0.3 is 0 Å². The fraction of sp³-hybridized carbons (Fsp3) is 0.250. The molecule has 0 aliphatic carbocycles. The van der Waals surface area contributed by atoms with E-state index < -0.39 is 6.10 Å². The molecule has 1 aromatic carbocycles. The second kappa shape index (κ2) is 5.84. The van der Waals surface area contributed by atoms with E-state index in [4.69, 9.17) is 11.6 Å². The van der Waals surface area contributed by atoms with Crippen LogP contribution in [0.2, 0.25) is 5.02 Å². The zero-order valence-electron chi connectivity index (χ0n) is 9.55. The molecule has 2 aromatic rings. The van der Waals surface area contributed by atoms with Crippen LogP contribution in [-0.2, 0) is 6.54 Å². The lowest BCUT2D eigenvalue weighted by atomic mass is 10.3. The number of aliphatic hydroxyl groups is 1. The van der Waals surface area contributed by atoms with Gasteiger partial charge in [0.05, 0.1) is 23.4 Å². The number of nitrogens with zero attached hydrogens (tertiary/aromatic N) is 2. The number of rotatable bonds is 5. The van der Waals surface area contributed by atoms with Crippen LogP contribution < -0.4 is 5.32 Å². The fourth-order valence-electron chi connectivity index (χ4n) is 1.55. The molecule has 6 heteroatoms. The van der Waals surface area contributed by atoms with E-state index in [9.17, 15) is 9.50 Å². The van der Waals surface area contributed by atoms with Crippen LogP contribution in [0, 0.1) is 5.82 Å². The van der Waals surface area contributed by atoms with Crippen LogP contribution in [-0.4, -0.2) is 27.5 Å². The molecule has 96 valence electrons. The van der Waals surface area contributed by atoms with Gasteiger partial charge in [-0.1, -0.05) is 11.6 Å². The molecule has 0 aliphatic heterocycles. The normalized spacial score (nSPS) is 12.4. The molecule has 0 saturated heterocycles. The van der Waals surface area contributed by atoms with Gasteiger partial charge in [-0.15, -0.1) is 0 Å². The van der Waals surface area contributed by atoms with Crippen molar-refractivity contribution in [2.24, 2.45) is 0 Å². The van der Waals surface area contributed by atoms with Crippen molar-refractivity contribution in [3.63, 3.8) is 0 Å². The van der Waals surface area contributed by atoms with Crippen LogP contribution in [0.5, 0.6) is 0 Å². The van der Waals surface area contributed by atoms with Crippen molar-refractivity contribution >= 4 is 17.3 Å². The first kappa shape index (κ1) is 12.9. The van der Waals surface area contributed by atoms with Crippen LogP contribution in [0.4, 0.5) is 10.1 Å². The van der Waals surface area contributed by atoms with Crippen LogP contribution in [0.25, 0.3) is 0 Å². The van der Waals surface area contributed by atoms with E-state index in [1.54, 1.807) is 23.1 Å². The fourth-order valence-corrected chi connectivity index (χ4v) is 1.78. The molecule has 0 radical (unpaired) electrons. The van der Waals surface area contributed by atoms with E-state index in [1.807, 2.05) is 0 Å². The number of anilines is 1. The molecule has 1 atom stereocenters. The van der Waals surface area contributed by atoms with Gasteiger partial charge < -0.3 is 10.4 Å². The largest absolute Gasteiger partial charge is 0.389 e. The lowest BCUT2D eigenvalue weighted by molar-refractivity contribution is 0.161. The van der Waals surface area contributed by atoms with Crippen LogP contribution in [0.15, 0.2) is 36.7 Å². The lowest BCUT2D eigenvalue weighted by Crippen LogP contribution is -2.25. The molecule has 0 fully saturated rings. The van der Waals surface area contributed by atoms with Crippen molar-refractivity contribution in [1.29, 1.82) is 0 Å². The van der Waals surface area contributed by atoms with Crippen molar-refractivity contribution in [3.8, 4) is 0 Å². The van der Waals surface area contributed by atoms with Gasteiger partial charge in [0.25, 0.3) is 0 Å². The standard InChI is InChI=1S/C12H13ClFN3O/c13-11-6-9(14)2-3-12(11)15-7-10(18)8-17-5-1-4-16-17/h1-6,10,15,18H,7-8H2. The quantitative estimate of drug-likeness (QED) is 0.874. The highest BCUT2D eigenvalue weighted by molar-refractivity contribution is 6.33. The van der Waals surface area contributed by atoms with Crippen molar-refractivity contribution in [2.45, 2.75) is 12.6 Å². The van der Waals surface area contributed by atoms with E-state index in [0.717, 1.165) is 0 Å². The Bertz CT molecular complexity index is 504. The lowest BCUT2D eigenvalue weighted by Gasteiger charge is -2.13. The predicted molar refractivity (Wildman–Crippen MR) is 68.1 cm³/mol. The van der Waals surface area contributed by atoms with Gasteiger partial charge in [-0.25, -0.2) is 4.39 Å². The Morgan fingerprint density at radius 3 is 3.00 bits per heavy atom. The molecular formula is C12H13ClFN3O. The summed E-state index contributed by atoms with van der Waals surface area (Å²) in [5.74, 6) is -0.386. The van der Waals surface area contributed by atoms with Gasteiger partial charge in [-0.2, -0.15) is 5.10 Å². The summed E-state index contributed by atoms with van der Waals surface area (Å²) in [5.41, 5.74) is 0.595. The summed E-state index contributed by atoms with van der Waals surface area (Å²) < 4.78 is 14.5. The number of nitrogens with one attached hydrogen (secondary N) is 1. The van der Waals surface area contributed by atoms with Gasteiger partial charge in [0.2, 0.25) is 0 Å². The summed E-state index contributed by atoms with van der Waals surface area (Å²) in [5, 5.41) is 17.0. The number of halogens is 2. The number of benzene rings is 1. The molecule has 2 rings (SSSR count). The highest BCUT2D eigenvalue weighted by Crippen LogP contribution is 2.22. The Morgan fingerprint density at radius 2 is 2.33 bits per heavy atom. The average Bonchev–Trinajstić information content (AvgIpc) is 2.80. The molecule has 0 aliphatic rings. The Labute approximate surface area is 109 Å². The minimum Gasteiger partial charge on any atom is -0.389 e. The smallest absolute Gasteiger partial charge is 0.124 e. The van der Waals surface area contributed by atoms with Gasteiger partial charge in [-0.05, 0) is 24.3 Å². The number of hydrogen-bond donors (Lipinski definition) is 2. The van der Waals surface area contributed by atoms with Gasteiger partial charge in [0.15, 0.2) is 0 Å². The van der Waals surface area contributed by atoms with Crippen molar-refractivity contribution < 1.29 is 9.50 Å². The van der Waals surface area contributed by atoms with Gasteiger partial charge in [0.1, 0.15) is 5.82 Å². The Kier molecular flexibility index (Phi) is 4.17. The summed E-state index contributed by atoms with van der Waals surface area (Å²) >= 11 is 5.85. The van der Waals surface area contributed by atoms with Crippen LogP contribution >= 0.6 is 11.6 Å². The van der Waals surface area contributed by atoms with Gasteiger partial charge in [-0.3, -0.25) is 4.68 Å². The Hall–Kier alpha value is -1.59. The Morgan fingerprint density at radius 1 is 1.50 bits per heavy atom. The molecule has 0 saturated carbocycles. The van der Waals surface area contributed by atoms with Crippen LogP contribution in [0.3, 0.4) is 0 Å². The summed E-state index contributed by atoms with van der Waals surface area (Å²) in [7, 11) is 0. The molecule has 0 amide bonds. The first-order valence-corrected chi connectivity index (χ1v) is 5.87. The number of aliphatic hydroxyl groups excluding tert-OH is 1. The van der Waals surface area contributed by atoms with Gasteiger partial charge in [0, 0.05) is 18.9 Å². The first-order chi connectivity index (χ1) is 8.65. The minimum absolute atomic E-state index is 0.293. The molecule has 1 unspecified atom stereocenters. The van der Waals surface area contributed by atoms with Crippen molar-refractivity contribution in [3.05, 3.63) is 47.5 Å². The Balaban J connectivity index is 1.87. The van der Waals surface area contributed by atoms with E-state index in [2.05, 4.69) is 10.4 Å². The molecule has 18 heavy (non-hydrogen) atoms. The molecule has 1 aromatic heterocycles. The van der Waals surface area contributed by atoms with Crippen LogP contribution in [0.1, 0.15) is 0 Å². The highest BCUT2D eigenvalue weighted by Gasteiger charge is 2.07.